The molecule has 0 bridgehead atoms. The normalized spacial score (nSPS) is 11.6. The summed E-state index contributed by atoms with van der Waals surface area (Å²) < 4.78 is 42.7. The highest BCUT2D eigenvalue weighted by Crippen LogP contribution is 2.29. The van der Waals surface area contributed by atoms with Gasteiger partial charge in [0.1, 0.15) is 17.8 Å². The van der Waals surface area contributed by atoms with E-state index in [-0.39, 0.29) is 5.56 Å². The average Bonchev–Trinajstić information content (AvgIpc) is 3.57. The molecule has 1 unspecified atom stereocenters. The number of anilines is 1. The standard InChI is InChI=1S/C15H23F3N2.C10H10N2O3.C2H6/c1-4-9-20(10-8-12(3)5-2)14-7-6-13(11-19-14)15(16,17)18;1-2-6-4-11-12-9(6)8-3-7(5-15-8)10(13)14;1-2/h6-7,11-12H,4-5,8-10H2,1-3H3;3-5H,2H2,1H3,(H,11,12)(H,13,14);1-2H3. The number of nitrogens with one attached hydrogen (secondary N) is 1. The number of carboxylic acids is 1. The molecule has 0 aliphatic carbocycles. The lowest BCUT2D eigenvalue weighted by atomic mass is 10.1. The van der Waals surface area contributed by atoms with Gasteiger partial charge in [-0.3, -0.25) is 5.10 Å². The Bertz CT molecular complexity index is 1050. The van der Waals surface area contributed by atoms with Gasteiger partial charge in [-0.25, -0.2) is 9.78 Å². The van der Waals surface area contributed by atoms with Gasteiger partial charge in [-0.15, -0.1) is 0 Å². The lowest BCUT2D eigenvalue weighted by molar-refractivity contribution is -0.137. The van der Waals surface area contributed by atoms with Gasteiger partial charge < -0.3 is 14.4 Å². The number of hydrogen-bond acceptors (Lipinski definition) is 5. The second-order valence-corrected chi connectivity index (χ2v) is 8.32. The van der Waals surface area contributed by atoms with Crippen LogP contribution in [-0.2, 0) is 12.6 Å². The van der Waals surface area contributed by atoms with Crippen molar-refractivity contribution in [2.24, 2.45) is 5.92 Å². The molecule has 3 rings (SSSR count). The maximum Gasteiger partial charge on any atom is 0.417 e. The first-order chi connectivity index (χ1) is 17.6. The summed E-state index contributed by atoms with van der Waals surface area (Å²) in [5.41, 5.74) is 1.19. The molecule has 10 heteroatoms. The largest absolute Gasteiger partial charge is 0.478 e. The molecule has 0 aliphatic rings. The van der Waals surface area contributed by atoms with Crippen LogP contribution in [0.5, 0.6) is 0 Å². The molecule has 0 amide bonds. The fraction of sp³-hybridized carbons (Fsp3) is 0.519. The summed E-state index contributed by atoms with van der Waals surface area (Å²) in [6, 6.07) is 4.05. The molecule has 0 radical (unpaired) electrons. The lowest BCUT2D eigenvalue weighted by Gasteiger charge is -2.24. The molecule has 3 aromatic heterocycles. The van der Waals surface area contributed by atoms with Gasteiger partial charge in [-0.05, 0) is 37.3 Å². The topological polar surface area (TPSA) is 95.2 Å². The van der Waals surface area contributed by atoms with Crippen molar-refractivity contribution in [3.63, 3.8) is 0 Å². The lowest BCUT2D eigenvalue weighted by Crippen LogP contribution is -2.27. The zero-order valence-corrected chi connectivity index (χ0v) is 22.5. The van der Waals surface area contributed by atoms with Gasteiger partial charge in [-0.2, -0.15) is 18.3 Å². The number of aromatic amines is 1. The van der Waals surface area contributed by atoms with E-state index in [0.717, 1.165) is 62.3 Å². The number of aryl methyl sites for hydroxylation is 1. The molecule has 0 aliphatic heterocycles. The van der Waals surface area contributed by atoms with E-state index in [2.05, 4.69) is 40.9 Å². The average molecular weight is 525 g/mol. The molecule has 1 atom stereocenters. The zero-order valence-electron chi connectivity index (χ0n) is 22.5. The van der Waals surface area contributed by atoms with Gasteiger partial charge in [0.25, 0.3) is 0 Å². The van der Waals surface area contributed by atoms with Crippen LogP contribution in [0.3, 0.4) is 0 Å². The summed E-state index contributed by atoms with van der Waals surface area (Å²) in [6.45, 7) is 14.0. The fourth-order valence-electron chi connectivity index (χ4n) is 3.30. The number of furan rings is 1. The predicted molar refractivity (Wildman–Crippen MR) is 140 cm³/mol. The van der Waals surface area contributed by atoms with Crippen LogP contribution in [0.4, 0.5) is 19.0 Å². The number of rotatable bonds is 10. The number of halogens is 3. The molecule has 0 saturated heterocycles. The van der Waals surface area contributed by atoms with Gasteiger partial charge in [-0.1, -0.05) is 48.0 Å². The molecule has 3 heterocycles. The molecule has 0 spiro atoms. The van der Waals surface area contributed by atoms with E-state index in [0.29, 0.717) is 17.5 Å². The Hall–Kier alpha value is -3.30. The van der Waals surface area contributed by atoms with E-state index in [1.54, 1.807) is 6.20 Å². The molecule has 206 valence electrons. The minimum absolute atomic E-state index is 0.140. The Labute approximate surface area is 217 Å². The van der Waals surface area contributed by atoms with Gasteiger partial charge in [0.05, 0.1) is 17.3 Å². The molecule has 0 fully saturated rings. The number of pyridine rings is 1. The van der Waals surface area contributed by atoms with E-state index in [4.69, 9.17) is 9.52 Å². The number of carbonyl (C=O) groups is 1. The minimum Gasteiger partial charge on any atom is -0.478 e. The zero-order chi connectivity index (χ0) is 28.0. The molecular weight excluding hydrogens is 485 g/mol. The van der Waals surface area contributed by atoms with Crippen LogP contribution in [0.2, 0.25) is 0 Å². The second-order valence-electron chi connectivity index (χ2n) is 8.32. The van der Waals surface area contributed by atoms with Crippen molar-refractivity contribution in [3.05, 3.63) is 53.5 Å². The van der Waals surface area contributed by atoms with Crippen LogP contribution in [0.25, 0.3) is 11.5 Å². The molecule has 7 nitrogen and oxygen atoms in total. The van der Waals surface area contributed by atoms with Crippen molar-refractivity contribution >= 4 is 11.8 Å². The van der Waals surface area contributed by atoms with Gasteiger partial charge in [0.15, 0.2) is 5.76 Å². The van der Waals surface area contributed by atoms with Crippen molar-refractivity contribution in [1.29, 1.82) is 0 Å². The fourth-order valence-corrected chi connectivity index (χ4v) is 3.30. The van der Waals surface area contributed by atoms with Crippen molar-refractivity contribution in [1.82, 2.24) is 15.2 Å². The van der Waals surface area contributed by atoms with Gasteiger partial charge in [0.2, 0.25) is 0 Å². The Morgan fingerprint density at radius 3 is 2.35 bits per heavy atom. The number of H-pyrrole nitrogens is 1. The van der Waals surface area contributed by atoms with Crippen LogP contribution >= 0.6 is 0 Å². The van der Waals surface area contributed by atoms with Crippen LogP contribution in [0.1, 0.15) is 82.3 Å². The van der Waals surface area contributed by atoms with E-state index in [1.165, 1.54) is 18.4 Å². The maximum atomic E-state index is 12.5. The summed E-state index contributed by atoms with van der Waals surface area (Å²) in [7, 11) is 0. The second kappa shape index (κ2) is 15.7. The Morgan fingerprint density at radius 2 is 1.86 bits per heavy atom. The van der Waals surface area contributed by atoms with Crippen LogP contribution in [0, 0.1) is 5.92 Å². The highest BCUT2D eigenvalue weighted by atomic mass is 19.4. The minimum atomic E-state index is -4.32. The third-order valence-corrected chi connectivity index (χ3v) is 5.67. The summed E-state index contributed by atoms with van der Waals surface area (Å²) in [4.78, 5) is 16.7. The molecule has 37 heavy (non-hydrogen) atoms. The smallest absolute Gasteiger partial charge is 0.417 e. The first kappa shape index (κ1) is 31.7. The number of nitrogens with zero attached hydrogens (tertiary/aromatic N) is 3. The number of aromatic carboxylic acids is 1. The SMILES string of the molecule is CC.CCCN(CCC(C)CC)c1ccc(C(F)(F)F)cn1.CCc1cn[nH]c1-c1cc(C(=O)O)co1. The first-order valence-corrected chi connectivity index (χ1v) is 12.7. The molecular formula is C27H39F3N4O3. The number of carboxylic acid groups (broad SMARTS) is 1. The van der Waals surface area contributed by atoms with Crippen LogP contribution < -0.4 is 4.90 Å². The van der Waals surface area contributed by atoms with Gasteiger partial charge in [0, 0.05) is 30.9 Å². The third-order valence-electron chi connectivity index (χ3n) is 5.67. The van der Waals surface area contributed by atoms with Crippen molar-refractivity contribution < 1.29 is 27.5 Å². The molecule has 0 saturated carbocycles. The summed E-state index contributed by atoms with van der Waals surface area (Å²) in [5.74, 6) is 0.747. The Kier molecular flexibility index (Phi) is 13.5. The summed E-state index contributed by atoms with van der Waals surface area (Å²) in [6.07, 6.45) is 3.42. The first-order valence-electron chi connectivity index (χ1n) is 12.7. The molecule has 3 aromatic rings. The van der Waals surface area contributed by atoms with Gasteiger partial charge >= 0.3 is 12.1 Å². The summed E-state index contributed by atoms with van der Waals surface area (Å²) in [5, 5.41) is 15.4. The molecule has 2 N–H and O–H groups in total. The van der Waals surface area contributed by atoms with Crippen LogP contribution in [-0.4, -0.2) is 39.3 Å². The third kappa shape index (κ3) is 9.93. The highest BCUT2D eigenvalue weighted by Gasteiger charge is 2.30. The van der Waals surface area contributed by atoms with E-state index in [1.807, 2.05) is 20.8 Å². The van der Waals surface area contributed by atoms with E-state index < -0.39 is 17.7 Å². The number of aromatic nitrogens is 3. The Morgan fingerprint density at radius 1 is 1.16 bits per heavy atom. The maximum absolute atomic E-state index is 12.5. The quantitative estimate of drug-likeness (QED) is 0.282. The monoisotopic (exact) mass is 524 g/mol. The van der Waals surface area contributed by atoms with Crippen molar-refractivity contribution in [2.75, 3.05) is 18.0 Å². The van der Waals surface area contributed by atoms with Crippen molar-refractivity contribution in [3.8, 4) is 11.5 Å². The number of hydrogen-bond donors (Lipinski definition) is 2. The van der Waals surface area contributed by atoms with Crippen molar-refractivity contribution in [2.45, 2.75) is 73.4 Å². The molecule has 0 aromatic carbocycles. The highest BCUT2D eigenvalue weighted by molar-refractivity contribution is 5.88. The van der Waals surface area contributed by atoms with E-state index >= 15 is 0 Å². The number of alkyl halides is 3. The predicted octanol–water partition coefficient (Wildman–Crippen LogP) is 7.71. The van der Waals surface area contributed by atoms with Crippen LogP contribution in [0.15, 0.2) is 41.3 Å². The van der Waals surface area contributed by atoms with E-state index in [9.17, 15) is 18.0 Å². The summed E-state index contributed by atoms with van der Waals surface area (Å²) >= 11 is 0. The Balaban J connectivity index is 0.000000357.